The molecule has 0 fully saturated rings. The first kappa shape index (κ1) is 14.5. The third-order valence-corrected chi connectivity index (χ3v) is 4.11. The quantitative estimate of drug-likeness (QED) is 0.732. The van der Waals surface area contributed by atoms with Crippen molar-refractivity contribution in [3.63, 3.8) is 0 Å². The second kappa shape index (κ2) is 5.84. The molecule has 0 radical (unpaired) electrons. The lowest BCUT2D eigenvalue weighted by Crippen LogP contribution is -2.39. The van der Waals surface area contributed by atoms with Crippen LogP contribution in [-0.2, 0) is 24.3 Å². The van der Waals surface area contributed by atoms with Gasteiger partial charge in [-0.25, -0.2) is 4.79 Å². The molecule has 0 bridgehead atoms. The van der Waals surface area contributed by atoms with Gasteiger partial charge in [0.15, 0.2) is 5.76 Å². The van der Waals surface area contributed by atoms with Crippen LogP contribution in [0.5, 0.6) is 0 Å². The molecular formula is C17H15N3O4. The molecule has 1 aliphatic heterocycles. The van der Waals surface area contributed by atoms with Crippen molar-refractivity contribution in [2.75, 3.05) is 6.54 Å². The van der Waals surface area contributed by atoms with E-state index in [1.54, 1.807) is 17.0 Å². The van der Waals surface area contributed by atoms with Gasteiger partial charge in [-0.1, -0.05) is 24.3 Å². The van der Waals surface area contributed by atoms with Crippen LogP contribution in [0.3, 0.4) is 0 Å². The highest BCUT2D eigenvalue weighted by Crippen LogP contribution is 2.19. The van der Waals surface area contributed by atoms with Gasteiger partial charge in [0.25, 0.3) is 5.89 Å². The summed E-state index contributed by atoms with van der Waals surface area (Å²) in [6.45, 7) is 1.03. The van der Waals surface area contributed by atoms with Crippen molar-refractivity contribution in [1.82, 2.24) is 14.7 Å². The third kappa shape index (κ3) is 2.64. The van der Waals surface area contributed by atoms with Crippen LogP contribution in [0.4, 0.5) is 0 Å². The van der Waals surface area contributed by atoms with Gasteiger partial charge in [0, 0.05) is 13.1 Å². The molecular weight excluding hydrogens is 310 g/mol. The predicted molar refractivity (Wildman–Crippen MR) is 84.0 cm³/mol. The van der Waals surface area contributed by atoms with Gasteiger partial charge in [-0.3, -0.25) is 4.79 Å². The number of carbonyl (C=O) groups excluding carboxylic acids is 1. The molecule has 3 heterocycles. The van der Waals surface area contributed by atoms with Crippen LogP contribution in [-0.4, -0.2) is 27.1 Å². The summed E-state index contributed by atoms with van der Waals surface area (Å²) in [4.78, 5) is 26.1. The van der Waals surface area contributed by atoms with Gasteiger partial charge in [-0.05, 0) is 29.7 Å². The Labute approximate surface area is 137 Å². The molecule has 0 aliphatic carbocycles. The molecule has 1 aromatic carbocycles. The van der Waals surface area contributed by atoms with Gasteiger partial charge >= 0.3 is 5.76 Å². The van der Waals surface area contributed by atoms with Crippen molar-refractivity contribution < 1.29 is 13.6 Å². The minimum Gasteiger partial charge on any atom is -0.459 e. The maximum atomic E-state index is 12.5. The van der Waals surface area contributed by atoms with Crippen molar-refractivity contribution in [3.8, 4) is 11.7 Å². The summed E-state index contributed by atoms with van der Waals surface area (Å²) in [5.74, 6) is -0.412. The Morgan fingerprint density at radius 1 is 1.17 bits per heavy atom. The molecule has 3 aromatic rings. The smallest absolute Gasteiger partial charge is 0.437 e. The highest BCUT2D eigenvalue weighted by molar-refractivity contribution is 5.76. The number of rotatable bonds is 3. The maximum absolute atomic E-state index is 12.5. The van der Waals surface area contributed by atoms with Gasteiger partial charge < -0.3 is 13.7 Å². The summed E-state index contributed by atoms with van der Waals surface area (Å²) in [6.07, 6.45) is 2.28. The molecule has 7 nitrogen and oxygen atoms in total. The summed E-state index contributed by atoms with van der Waals surface area (Å²) in [6, 6.07) is 11.4. The van der Waals surface area contributed by atoms with E-state index in [-0.39, 0.29) is 18.3 Å². The average Bonchev–Trinajstić information content (AvgIpc) is 3.25. The van der Waals surface area contributed by atoms with Crippen LogP contribution in [0.25, 0.3) is 11.7 Å². The molecule has 1 aliphatic rings. The Bertz CT molecular complexity index is 923. The second-order valence-electron chi connectivity index (χ2n) is 5.64. The number of nitrogens with zero attached hydrogens (tertiary/aromatic N) is 3. The molecule has 0 unspecified atom stereocenters. The van der Waals surface area contributed by atoms with Crippen LogP contribution in [0.15, 0.2) is 56.3 Å². The van der Waals surface area contributed by atoms with Gasteiger partial charge in [0.05, 0.1) is 6.26 Å². The van der Waals surface area contributed by atoms with Crippen LogP contribution < -0.4 is 5.76 Å². The number of hydrogen-bond acceptors (Lipinski definition) is 5. The Hall–Kier alpha value is -3.09. The largest absolute Gasteiger partial charge is 0.459 e. The van der Waals surface area contributed by atoms with E-state index in [1.165, 1.54) is 11.8 Å². The first-order chi connectivity index (χ1) is 11.7. The van der Waals surface area contributed by atoms with Crippen LogP contribution in [0.2, 0.25) is 0 Å². The SMILES string of the molecule is O=C(Cn1nc(-c2ccco2)oc1=O)N1CCc2ccccc2C1. The first-order valence-corrected chi connectivity index (χ1v) is 7.67. The summed E-state index contributed by atoms with van der Waals surface area (Å²) in [7, 11) is 0. The highest BCUT2D eigenvalue weighted by atomic mass is 16.4. The Balaban J connectivity index is 1.50. The lowest BCUT2D eigenvalue weighted by atomic mass is 10.00. The molecule has 4 rings (SSSR count). The van der Waals surface area contributed by atoms with E-state index in [2.05, 4.69) is 11.2 Å². The summed E-state index contributed by atoms with van der Waals surface area (Å²) in [5.41, 5.74) is 2.40. The number of hydrogen-bond donors (Lipinski definition) is 0. The lowest BCUT2D eigenvalue weighted by molar-refractivity contribution is -0.133. The standard InChI is InChI=1S/C17H15N3O4/c21-15(19-8-7-12-4-1-2-5-13(12)10-19)11-20-17(22)24-16(18-20)14-6-3-9-23-14/h1-6,9H,7-8,10-11H2. The van der Waals surface area contributed by atoms with Crippen molar-refractivity contribution in [2.24, 2.45) is 0 Å². The lowest BCUT2D eigenvalue weighted by Gasteiger charge is -2.28. The summed E-state index contributed by atoms with van der Waals surface area (Å²) >= 11 is 0. The fourth-order valence-electron chi connectivity index (χ4n) is 2.84. The Morgan fingerprint density at radius 2 is 2.00 bits per heavy atom. The Kier molecular flexibility index (Phi) is 3.53. The van der Waals surface area contributed by atoms with E-state index >= 15 is 0 Å². The minimum absolute atomic E-state index is 0.0711. The molecule has 7 heteroatoms. The number of furan rings is 1. The Morgan fingerprint density at radius 3 is 2.79 bits per heavy atom. The monoisotopic (exact) mass is 325 g/mol. The van der Waals surface area contributed by atoms with Gasteiger partial charge in [0.1, 0.15) is 6.54 Å². The molecule has 0 atom stereocenters. The molecule has 2 aromatic heterocycles. The summed E-state index contributed by atoms with van der Waals surface area (Å²) in [5, 5.41) is 4.03. The van der Waals surface area contributed by atoms with Gasteiger partial charge in [0.2, 0.25) is 5.91 Å². The van der Waals surface area contributed by atoms with Gasteiger partial charge in [-0.15, -0.1) is 5.10 Å². The van der Waals surface area contributed by atoms with Crippen LogP contribution in [0, 0.1) is 0 Å². The topological polar surface area (TPSA) is 81.5 Å². The average molecular weight is 325 g/mol. The van der Waals surface area contributed by atoms with E-state index in [4.69, 9.17) is 8.83 Å². The zero-order chi connectivity index (χ0) is 16.5. The van der Waals surface area contributed by atoms with Crippen LogP contribution in [0.1, 0.15) is 11.1 Å². The van der Waals surface area contributed by atoms with Crippen molar-refractivity contribution in [1.29, 1.82) is 0 Å². The number of amides is 1. The fourth-order valence-corrected chi connectivity index (χ4v) is 2.84. The zero-order valence-corrected chi connectivity index (χ0v) is 12.8. The minimum atomic E-state index is -0.674. The normalized spacial score (nSPS) is 13.8. The fraction of sp³-hybridized carbons (Fsp3) is 0.235. The molecule has 0 saturated heterocycles. The van der Waals surface area contributed by atoms with Crippen molar-refractivity contribution in [3.05, 3.63) is 64.3 Å². The number of aromatic nitrogens is 2. The van der Waals surface area contributed by atoms with E-state index < -0.39 is 5.76 Å². The van der Waals surface area contributed by atoms with E-state index in [0.29, 0.717) is 18.8 Å². The van der Waals surface area contributed by atoms with Crippen LogP contribution >= 0.6 is 0 Å². The zero-order valence-electron chi connectivity index (χ0n) is 12.8. The van der Waals surface area contributed by atoms with Crippen molar-refractivity contribution >= 4 is 5.91 Å². The second-order valence-corrected chi connectivity index (χ2v) is 5.64. The molecule has 24 heavy (non-hydrogen) atoms. The molecule has 1 amide bonds. The highest BCUT2D eigenvalue weighted by Gasteiger charge is 2.22. The van der Waals surface area contributed by atoms with Crippen molar-refractivity contribution in [2.45, 2.75) is 19.5 Å². The predicted octanol–water partition coefficient (Wildman–Crippen LogP) is 1.68. The number of carbonyl (C=O) groups is 1. The molecule has 0 N–H and O–H groups in total. The van der Waals surface area contributed by atoms with Gasteiger partial charge in [-0.2, -0.15) is 4.68 Å². The van der Waals surface area contributed by atoms with E-state index in [9.17, 15) is 9.59 Å². The molecule has 122 valence electrons. The van der Waals surface area contributed by atoms with E-state index in [0.717, 1.165) is 16.7 Å². The number of fused-ring (bicyclic) bond motifs is 1. The summed E-state index contributed by atoms with van der Waals surface area (Å²) < 4.78 is 11.2. The number of benzene rings is 1. The van der Waals surface area contributed by atoms with E-state index in [1.807, 2.05) is 18.2 Å². The first-order valence-electron chi connectivity index (χ1n) is 7.67. The third-order valence-electron chi connectivity index (χ3n) is 4.11. The molecule has 0 saturated carbocycles. The molecule has 0 spiro atoms. The maximum Gasteiger partial charge on any atom is 0.437 e.